The van der Waals surface area contributed by atoms with Gasteiger partial charge in [0.05, 0.1) is 17.6 Å². The third-order valence-corrected chi connectivity index (χ3v) is 5.41. The number of fused-ring (bicyclic) bond motifs is 1. The van der Waals surface area contributed by atoms with Crippen LogP contribution in [-0.4, -0.2) is 45.0 Å². The zero-order chi connectivity index (χ0) is 21.1. The highest BCUT2D eigenvalue weighted by Gasteiger charge is 2.27. The topological polar surface area (TPSA) is 121 Å². The lowest BCUT2D eigenvalue weighted by Crippen LogP contribution is -2.51. The average Bonchev–Trinajstić information content (AvgIpc) is 3.34. The molecular formula is C19H19N5O5S. The van der Waals surface area contributed by atoms with Crippen LogP contribution in [0, 0.1) is 6.92 Å². The van der Waals surface area contributed by atoms with E-state index in [1.165, 1.54) is 11.8 Å². The van der Waals surface area contributed by atoms with Gasteiger partial charge in [0.2, 0.25) is 12.0 Å². The van der Waals surface area contributed by atoms with Gasteiger partial charge in [-0.15, -0.1) is 10.2 Å². The monoisotopic (exact) mass is 429 g/mol. The molecule has 0 spiro atoms. The average molecular weight is 429 g/mol. The quantitative estimate of drug-likeness (QED) is 0.462. The maximum absolute atomic E-state index is 12.2. The van der Waals surface area contributed by atoms with E-state index in [0.717, 1.165) is 11.3 Å². The van der Waals surface area contributed by atoms with Gasteiger partial charge in [0.15, 0.2) is 22.5 Å². The zero-order valence-electron chi connectivity index (χ0n) is 16.2. The second kappa shape index (κ2) is 8.49. The van der Waals surface area contributed by atoms with Crippen molar-refractivity contribution in [2.75, 3.05) is 12.4 Å². The third-order valence-electron chi connectivity index (χ3n) is 4.39. The molecule has 1 atom stereocenters. The van der Waals surface area contributed by atoms with E-state index >= 15 is 0 Å². The number of aryl methyl sites for hydroxylation is 1. The first-order chi connectivity index (χ1) is 14.5. The smallest absolute Gasteiger partial charge is 0.283 e. The van der Waals surface area contributed by atoms with Gasteiger partial charge in [-0.2, -0.15) is 0 Å². The Morgan fingerprint density at radius 1 is 1.20 bits per heavy atom. The lowest BCUT2D eigenvalue weighted by atomic mass is 10.2. The summed E-state index contributed by atoms with van der Waals surface area (Å²) in [6.07, 6.45) is 0.731. The maximum atomic E-state index is 12.2. The van der Waals surface area contributed by atoms with Crippen LogP contribution in [0.2, 0.25) is 0 Å². The summed E-state index contributed by atoms with van der Waals surface area (Å²) in [7, 11) is 1.81. The molecule has 0 radical (unpaired) electrons. The van der Waals surface area contributed by atoms with Crippen molar-refractivity contribution in [3.8, 4) is 22.9 Å². The summed E-state index contributed by atoms with van der Waals surface area (Å²) >= 11 is 1.20. The van der Waals surface area contributed by atoms with Crippen LogP contribution < -0.4 is 20.3 Å². The van der Waals surface area contributed by atoms with Crippen LogP contribution in [0.25, 0.3) is 11.4 Å². The number of nitrogens with one attached hydrogen (secondary N) is 2. The molecule has 3 heterocycles. The molecule has 1 aliphatic rings. The number of ether oxygens (including phenoxy) is 2. The van der Waals surface area contributed by atoms with Crippen LogP contribution in [-0.2, 0) is 16.6 Å². The van der Waals surface area contributed by atoms with Crippen LogP contribution in [0.15, 0.2) is 46.2 Å². The van der Waals surface area contributed by atoms with Gasteiger partial charge in [-0.25, -0.2) is 0 Å². The van der Waals surface area contributed by atoms with Gasteiger partial charge in [-0.3, -0.25) is 20.4 Å². The molecule has 0 aliphatic carbocycles. The Labute approximate surface area is 175 Å². The highest BCUT2D eigenvalue weighted by Crippen LogP contribution is 2.30. The number of rotatable bonds is 5. The fourth-order valence-corrected chi connectivity index (χ4v) is 3.53. The minimum Gasteiger partial charge on any atom is -0.485 e. The normalized spacial score (nSPS) is 14.9. The Bertz CT molecular complexity index is 1080. The van der Waals surface area contributed by atoms with E-state index in [9.17, 15) is 9.59 Å². The SMILES string of the molecule is Cc1occc1-c1nnc(SCC(=O)NNC(=O)C2COc3ccccc3O2)n1C. The predicted octanol–water partition coefficient (Wildman–Crippen LogP) is 1.46. The molecule has 0 saturated carbocycles. The summed E-state index contributed by atoms with van der Waals surface area (Å²) in [5, 5.41) is 8.82. The molecule has 2 aromatic heterocycles. The molecule has 2 amide bonds. The first-order valence-electron chi connectivity index (χ1n) is 9.06. The summed E-state index contributed by atoms with van der Waals surface area (Å²) in [4.78, 5) is 24.3. The molecule has 1 aromatic carbocycles. The van der Waals surface area contributed by atoms with Gasteiger partial charge in [-0.05, 0) is 25.1 Å². The Morgan fingerprint density at radius 2 is 2.00 bits per heavy atom. The molecule has 1 aliphatic heterocycles. The minimum absolute atomic E-state index is 0.0431. The van der Waals surface area contributed by atoms with Gasteiger partial charge in [0, 0.05) is 7.05 Å². The fourth-order valence-electron chi connectivity index (χ4n) is 2.82. The predicted molar refractivity (Wildman–Crippen MR) is 107 cm³/mol. The van der Waals surface area contributed by atoms with E-state index in [-0.39, 0.29) is 12.4 Å². The molecule has 156 valence electrons. The second-order valence-electron chi connectivity index (χ2n) is 6.45. The molecule has 0 bridgehead atoms. The summed E-state index contributed by atoms with van der Waals surface area (Å²) < 4.78 is 18.2. The number of hydrazine groups is 1. The molecule has 10 nitrogen and oxygen atoms in total. The lowest BCUT2D eigenvalue weighted by molar-refractivity contribution is -0.134. The third kappa shape index (κ3) is 4.10. The number of furan rings is 1. The van der Waals surface area contributed by atoms with Gasteiger partial charge in [-0.1, -0.05) is 23.9 Å². The van der Waals surface area contributed by atoms with Crippen molar-refractivity contribution in [2.24, 2.45) is 7.05 Å². The van der Waals surface area contributed by atoms with Crippen molar-refractivity contribution in [1.82, 2.24) is 25.6 Å². The van der Waals surface area contributed by atoms with Crippen molar-refractivity contribution >= 4 is 23.6 Å². The van der Waals surface area contributed by atoms with E-state index in [2.05, 4.69) is 21.0 Å². The van der Waals surface area contributed by atoms with Crippen LogP contribution in [0.3, 0.4) is 0 Å². The van der Waals surface area contributed by atoms with E-state index in [1.807, 2.05) is 26.1 Å². The van der Waals surface area contributed by atoms with E-state index in [0.29, 0.717) is 22.5 Å². The van der Waals surface area contributed by atoms with E-state index in [4.69, 9.17) is 13.9 Å². The van der Waals surface area contributed by atoms with Crippen molar-refractivity contribution in [3.05, 3.63) is 42.4 Å². The minimum atomic E-state index is -0.854. The Balaban J connectivity index is 1.26. The fraction of sp³-hybridized carbons (Fsp3) is 0.263. The zero-order valence-corrected chi connectivity index (χ0v) is 17.1. The first-order valence-corrected chi connectivity index (χ1v) is 10.1. The van der Waals surface area contributed by atoms with Crippen molar-refractivity contribution in [3.63, 3.8) is 0 Å². The van der Waals surface area contributed by atoms with E-state index in [1.54, 1.807) is 29.0 Å². The Hall–Kier alpha value is -3.47. The van der Waals surface area contributed by atoms with Crippen LogP contribution in [0.5, 0.6) is 11.5 Å². The summed E-state index contributed by atoms with van der Waals surface area (Å²) in [5.41, 5.74) is 5.56. The van der Waals surface area contributed by atoms with Crippen LogP contribution >= 0.6 is 11.8 Å². The molecule has 1 unspecified atom stereocenters. The van der Waals surface area contributed by atoms with Gasteiger partial charge < -0.3 is 18.5 Å². The number of benzene rings is 1. The number of amides is 2. The van der Waals surface area contributed by atoms with Crippen LogP contribution in [0.4, 0.5) is 0 Å². The standard InChI is InChI=1S/C19H19N5O5S/c1-11-12(7-8-27-11)17-21-23-19(24(17)2)30-10-16(25)20-22-18(26)15-9-28-13-5-3-4-6-14(13)29-15/h3-8,15H,9-10H2,1-2H3,(H,20,25)(H,22,26). The maximum Gasteiger partial charge on any atom is 0.283 e. The number of aromatic nitrogens is 3. The Morgan fingerprint density at radius 3 is 2.77 bits per heavy atom. The molecule has 11 heteroatoms. The van der Waals surface area contributed by atoms with Gasteiger partial charge in [0.1, 0.15) is 12.4 Å². The highest BCUT2D eigenvalue weighted by molar-refractivity contribution is 7.99. The molecule has 3 aromatic rings. The first kappa shape index (κ1) is 19.8. The summed E-state index contributed by atoms with van der Waals surface area (Å²) in [6.45, 7) is 1.90. The van der Waals surface area contributed by atoms with Gasteiger partial charge >= 0.3 is 0 Å². The molecule has 0 saturated heterocycles. The number of hydrogen-bond acceptors (Lipinski definition) is 8. The summed E-state index contributed by atoms with van der Waals surface area (Å²) in [6, 6.07) is 8.88. The molecule has 4 rings (SSSR count). The molecule has 0 fully saturated rings. The number of carbonyl (C=O) groups is 2. The molecule has 30 heavy (non-hydrogen) atoms. The number of carbonyl (C=O) groups excluding carboxylic acids is 2. The molecule has 2 N–H and O–H groups in total. The van der Waals surface area contributed by atoms with Crippen LogP contribution in [0.1, 0.15) is 5.76 Å². The Kier molecular flexibility index (Phi) is 5.61. The van der Waals surface area contributed by atoms with Crippen molar-refractivity contribution in [1.29, 1.82) is 0 Å². The number of thioether (sulfide) groups is 1. The van der Waals surface area contributed by atoms with Gasteiger partial charge in [0.25, 0.3) is 5.91 Å². The number of para-hydroxylation sites is 2. The summed E-state index contributed by atoms with van der Waals surface area (Å²) in [5.74, 6) is 1.59. The second-order valence-corrected chi connectivity index (χ2v) is 7.39. The molecular weight excluding hydrogens is 410 g/mol. The van der Waals surface area contributed by atoms with E-state index < -0.39 is 17.9 Å². The van der Waals surface area contributed by atoms with Crippen molar-refractivity contribution in [2.45, 2.75) is 18.2 Å². The number of hydrogen-bond donors (Lipinski definition) is 2. The number of nitrogens with zero attached hydrogens (tertiary/aromatic N) is 3. The highest BCUT2D eigenvalue weighted by atomic mass is 32.2. The lowest BCUT2D eigenvalue weighted by Gasteiger charge is -2.25. The largest absolute Gasteiger partial charge is 0.485 e. The van der Waals surface area contributed by atoms with Crippen molar-refractivity contribution < 1.29 is 23.5 Å².